The van der Waals surface area contributed by atoms with Crippen LogP contribution in [0.3, 0.4) is 0 Å². The van der Waals surface area contributed by atoms with E-state index < -0.39 is 11.6 Å². The van der Waals surface area contributed by atoms with Crippen LogP contribution in [0.25, 0.3) is 5.65 Å². The van der Waals surface area contributed by atoms with Crippen LogP contribution in [0.5, 0.6) is 0 Å². The van der Waals surface area contributed by atoms with Gasteiger partial charge in [-0.2, -0.15) is 0 Å². The van der Waals surface area contributed by atoms with Gasteiger partial charge in [-0.3, -0.25) is 18.9 Å². The fraction of sp³-hybridized carbons (Fsp3) is 0.304. The van der Waals surface area contributed by atoms with Crippen molar-refractivity contribution in [2.75, 3.05) is 0 Å². The van der Waals surface area contributed by atoms with E-state index in [0.29, 0.717) is 11.3 Å². The molecule has 0 saturated carbocycles. The Hall–Kier alpha value is -3.48. The van der Waals surface area contributed by atoms with Crippen LogP contribution in [-0.2, 0) is 29.7 Å². The quantitative estimate of drug-likeness (QED) is 0.682. The maximum Gasteiger partial charge on any atom is 0.325 e. The highest BCUT2D eigenvalue weighted by atomic mass is 16.2. The number of imide groups is 1. The smallest absolute Gasteiger partial charge is 0.319 e. The van der Waals surface area contributed by atoms with Gasteiger partial charge in [-0.25, -0.2) is 9.78 Å². The van der Waals surface area contributed by atoms with Crippen molar-refractivity contribution in [1.82, 2.24) is 19.6 Å². The van der Waals surface area contributed by atoms with Gasteiger partial charge in [0, 0.05) is 12.3 Å². The van der Waals surface area contributed by atoms with Gasteiger partial charge in [0.25, 0.3) is 11.5 Å². The Morgan fingerprint density at radius 1 is 1.10 bits per heavy atom. The third-order valence-electron chi connectivity index (χ3n) is 6.21. The molecule has 1 aliphatic carbocycles. The number of carbonyl (C=O) groups is 2. The molecule has 1 N–H and O–H groups in total. The number of hydrogen-bond acceptors (Lipinski definition) is 4. The molecule has 1 aliphatic heterocycles. The van der Waals surface area contributed by atoms with Crippen LogP contribution < -0.4 is 10.9 Å². The number of fused-ring (bicyclic) bond motifs is 2. The summed E-state index contributed by atoms with van der Waals surface area (Å²) in [5.74, 6) is -0.336. The molecule has 0 spiro atoms. The van der Waals surface area contributed by atoms with Gasteiger partial charge in [0.2, 0.25) is 0 Å². The van der Waals surface area contributed by atoms with Crippen molar-refractivity contribution in [1.29, 1.82) is 0 Å². The number of hydrogen-bond donors (Lipinski definition) is 1. The number of amides is 3. The molecule has 1 fully saturated rings. The number of rotatable bonds is 3. The van der Waals surface area contributed by atoms with E-state index >= 15 is 0 Å². The molecule has 152 valence electrons. The van der Waals surface area contributed by atoms with Crippen molar-refractivity contribution >= 4 is 17.6 Å². The Morgan fingerprint density at radius 3 is 2.73 bits per heavy atom. The van der Waals surface area contributed by atoms with Gasteiger partial charge in [-0.1, -0.05) is 24.3 Å². The molecule has 7 nitrogen and oxygen atoms in total. The van der Waals surface area contributed by atoms with Gasteiger partial charge in [-0.15, -0.1) is 0 Å². The lowest BCUT2D eigenvalue weighted by atomic mass is 9.89. The van der Waals surface area contributed by atoms with Crippen molar-refractivity contribution in [3.63, 3.8) is 0 Å². The minimum Gasteiger partial charge on any atom is -0.319 e. The van der Waals surface area contributed by atoms with Gasteiger partial charge in [-0.05, 0) is 61.4 Å². The van der Waals surface area contributed by atoms with Crippen molar-refractivity contribution in [3.05, 3.63) is 80.9 Å². The summed E-state index contributed by atoms with van der Waals surface area (Å²) in [6.45, 7) is 3.55. The van der Waals surface area contributed by atoms with Crippen LogP contribution in [0.15, 0.2) is 47.4 Å². The predicted octanol–water partition coefficient (Wildman–Crippen LogP) is 2.46. The molecule has 0 bridgehead atoms. The fourth-order valence-corrected chi connectivity index (χ4v) is 4.47. The highest BCUT2D eigenvalue weighted by molar-refractivity contribution is 6.07. The number of carbonyl (C=O) groups excluding carboxylic acids is 2. The van der Waals surface area contributed by atoms with Gasteiger partial charge in [0.1, 0.15) is 11.2 Å². The summed E-state index contributed by atoms with van der Waals surface area (Å²) in [4.78, 5) is 44.1. The van der Waals surface area contributed by atoms with Crippen molar-refractivity contribution < 1.29 is 9.59 Å². The van der Waals surface area contributed by atoms with E-state index in [0.717, 1.165) is 35.3 Å². The van der Waals surface area contributed by atoms with Crippen molar-refractivity contribution in [2.45, 2.75) is 45.2 Å². The summed E-state index contributed by atoms with van der Waals surface area (Å²) in [5.41, 5.74) is 3.72. The zero-order chi connectivity index (χ0) is 21.0. The minimum atomic E-state index is -1.13. The average Bonchev–Trinajstić information content (AvgIpc) is 3.27. The Morgan fingerprint density at radius 2 is 1.90 bits per heavy atom. The predicted molar refractivity (Wildman–Crippen MR) is 111 cm³/mol. The third-order valence-corrected chi connectivity index (χ3v) is 6.21. The molecule has 1 saturated heterocycles. The molecule has 3 amide bonds. The number of urea groups is 1. The lowest BCUT2D eigenvalue weighted by Gasteiger charge is -2.23. The lowest BCUT2D eigenvalue weighted by Crippen LogP contribution is -2.41. The Balaban J connectivity index is 1.49. The number of nitrogens with one attached hydrogen (secondary N) is 1. The summed E-state index contributed by atoms with van der Waals surface area (Å²) >= 11 is 0. The van der Waals surface area contributed by atoms with Gasteiger partial charge in [0.05, 0.1) is 12.2 Å². The number of aromatic nitrogens is 2. The molecule has 0 unspecified atom stereocenters. The molecule has 5 rings (SSSR count). The average molecular weight is 402 g/mol. The molecule has 1 atom stereocenters. The summed E-state index contributed by atoms with van der Waals surface area (Å²) in [6, 6.07) is 10.6. The van der Waals surface area contributed by atoms with E-state index in [-0.39, 0.29) is 18.0 Å². The van der Waals surface area contributed by atoms with E-state index in [2.05, 4.69) is 16.4 Å². The van der Waals surface area contributed by atoms with Crippen LogP contribution in [0.4, 0.5) is 4.79 Å². The normalized spacial score (nSPS) is 20.7. The second kappa shape index (κ2) is 6.52. The lowest BCUT2D eigenvalue weighted by molar-refractivity contribution is -0.131. The monoisotopic (exact) mass is 402 g/mol. The first-order chi connectivity index (χ1) is 14.4. The van der Waals surface area contributed by atoms with Crippen molar-refractivity contribution in [3.8, 4) is 0 Å². The SMILES string of the molecule is Cc1cccn2c(=O)cc(CN3C(=O)N[C@](C)(c4ccc5c(c4)CCC5)C3=O)nc12. The van der Waals surface area contributed by atoms with E-state index in [1.807, 2.05) is 25.1 Å². The molecule has 3 aromatic rings. The zero-order valence-electron chi connectivity index (χ0n) is 16.9. The molecule has 2 aliphatic rings. The Kier molecular flexibility index (Phi) is 4.03. The summed E-state index contributed by atoms with van der Waals surface area (Å²) in [5, 5.41) is 2.85. The number of pyridine rings is 1. The van der Waals surface area contributed by atoms with E-state index in [4.69, 9.17) is 0 Å². The number of aryl methyl sites for hydroxylation is 3. The molecule has 0 radical (unpaired) electrons. The standard InChI is InChI=1S/C23H22N4O3/c1-14-5-4-10-26-19(28)12-18(24-20(14)26)13-27-21(29)23(2,25-22(27)30)17-9-8-15-6-3-7-16(15)11-17/h4-5,8-12H,3,6-7,13H2,1-2H3,(H,25,30)/t23-/m1/s1. The van der Waals surface area contributed by atoms with Crippen LogP contribution in [0, 0.1) is 6.92 Å². The third kappa shape index (κ3) is 2.73. The minimum absolute atomic E-state index is 0.0503. The van der Waals surface area contributed by atoms with Crippen LogP contribution in [-0.4, -0.2) is 26.2 Å². The largest absolute Gasteiger partial charge is 0.325 e. The highest BCUT2D eigenvalue weighted by Crippen LogP contribution is 2.33. The van der Waals surface area contributed by atoms with E-state index in [1.165, 1.54) is 21.6 Å². The summed E-state index contributed by atoms with van der Waals surface area (Å²) in [6.07, 6.45) is 4.82. The van der Waals surface area contributed by atoms with Crippen LogP contribution in [0.1, 0.15) is 41.3 Å². The van der Waals surface area contributed by atoms with Crippen LogP contribution >= 0.6 is 0 Å². The van der Waals surface area contributed by atoms with Crippen molar-refractivity contribution in [2.24, 2.45) is 0 Å². The van der Waals surface area contributed by atoms with E-state index in [9.17, 15) is 14.4 Å². The van der Waals surface area contributed by atoms with Gasteiger partial charge >= 0.3 is 6.03 Å². The van der Waals surface area contributed by atoms with Gasteiger partial charge < -0.3 is 5.32 Å². The second-order valence-corrected chi connectivity index (χ2v) is 8.25. The first-order valence-electron chi connectivity index (χ1n) is 10.1. The first-order valence-corrected chi connectivity index (χ1v) is 10.1. The molecule has 1 aromatic carbocycles. The number of benzene rings is 1. The van der Waals surface area contributed by atoms with E-state index in [1.54, 1.807) is 19.2 Å². The topological polar surface area (TPSA) is 83.8 Å². The molecule has 7 heteroatoms. The highest BCUT2D eigenvalue weighted by Gasteiger charge is 2.49. The van der Waals surface area contributed by atoms with Gasteiger partial charge in [0.15, 0.2) is 0 Å². The van der Waals surface area contributed by atoms with Crippen LogP contribution in [0.2, 0.25) is 0 Å². The molecular formula is C23H22N4O3. The maximum absolute atomic E-state index is 13.3. The molecule has 30 heavy (non-hydrogen) atoms. The number of nitrogens with zero attached hydrogens (tertiary/aromatic N) is 3. The fourth-order valence-electron chi connectivity index (χ4n) is 4.47. The maximum atomic E-state index is 13.3. The molecule has 2 aromatic heterocycles. The first kappa shape index (κ1) is 18.5. The summed E-state index contributed by atoms with van der Waals surface area (Å²) < 4.78 is 1.46. The Labute approximate surface area is 173 Å². The Bertz CT molecular complexity index is 1280. The molecular weight excluding hydrogens is 380 g/mol. The molecule has 3 heterocycles. The summed E-state index contributed by atoms with van der Waals surface area (Å²) in [7, 11) is 0. The zero-order valence-corrected chi connectivity index (χ0v) is 16.9. The second-order valence-electron chi connectivity index (χ2n) is 8.25.